The number of allylic oxidation sites excluding steroid dienone is 1. The van der Waals surface area contributed by atoms with Crippen LogP contribution in [0.3, 0.4) is 0 Å². The number of hydrogen-bond acceptors (Lipinski definition) is 2. The molecule has 1 saturated heterocycles. The Labute approximate surface area is 107 Å². The molecule has 2 heteroatoms. The monoisotopic (exact) mass is 246 g/mol. The van der Waals surface area contributed by atoms with Crippen molar-refractivity contribution in [3.05, 3.63) is 48.6 Å². The van der Waals surface area contributed by atoms with Crippen LogP contribution in [0, 0.1) is 5.41 Å². The molecule has 17 heavy (non-hydrogen) atoms. The summed E-state index contributed by atoms with van der Waals surface area (Å²) in [5, 5.41) is 0. The zero-order valence-corrected chi connectivity index (χ0v) is 10.8. The van der Waals surface area contributed by atoms with Crippen LogP contribution in [0.15, 0.2) is 43.0 Å². The molecule has 0 spiro atoms. The van der Waals surface area contributed by atoms with Gasteiger partial charge < -0.3 is 0 Å². The molecule has 0 aromatic heterocycles. The van der Waals surface area contributed by atoms with Gasteiger partial charge in [-0.2, -0.15) is 11.8 Å². The third kappa shape index (κ3) is 2.81. The van der Waals surface area contributed by atoms with Crippen LogP contribution in [-0.2, 0) is 11.2 Å². The number of Topliss-reactive ketones (excluding diaryl/α,β-unsaturated/α-hetero) is 1. The molecule has 1 aliphatic rings. The molecule has 90 valence electrons. The van der Waals surface area contributed by atoms with Gasteiger partial charge in [0.25, 0.3) is 0 Å². The van der Waals surface area contributed by atoms with Gasteiger partial charge in [0.15, 0.2) is 0 Å². The standard InChI is InChI=1S/C15H18OS/c1-2-9-15(12-17-10-8-14(15)16)11-13-6-4-3-5-7-13/h2-7H,1,8-12H2/t15-/m1/s1. The fourth-order valence-electron chi connectivity index (χ4n) is 2.44. The molecule has 1 atom stereocenters. The second-order valence-electron chi connectivity index (χ2n) is 4.66. The van der Waals surface area contributed by atoms with Gasteiger partial charge in [-0.1, -0.05) is 36.4 Å². The van der Waals surface area contributed by atoms with Crippen molar-refractivity contribution in [3.8, 4) is 0 Å². The van der Waals surface area contributed by atoms with Crippen molar-refractivity contribution in [3.63, 3.8) is 0 Å². The molecule has 1 aromatic rings. The van der Waals surface area contributed by atoms with Crippen LogP contribution in [0.5, 0.6) is 0 Å². The number of carbonyl (C=O) groups is 1. The molecule has 0 N–H and O–H groups in total. The molecule has 0 saturated carbocycles. The Bertz CT molecular complexity index is 399. The maximum atomic E-state index is 12.2. The zero-order chi connectivity index (χ0) is 12.1. The minimum absolute atomic E-state index is 0.202. The lowest BCUT2D eigenvalue weighted by Gasteiger charge is -2.34. The van der Waals surface area contributed by atoms with Crippen LogP contribution < -0.4 is 0 Å². The van der Waals surface area contributed by atoms with Crippen LogP contribution in [0.25, 0.3) is 0 Å². The Kier molecular flexibility index (Phi) is 4.06. The van der Waals surface area contributed by atoms with E-state index in [4.69, 9.17) is 0 Å². The fourth-order valence-corrected chi connectivity index (χ4v) is 3.68. The third-order valence-corrected chi connectivity index (χ3v) is 4.61. The van der Waals surface area contributed by atoms with Crippen molar-refractivity contribution in [1.82, 2.24) is 0 Å². The van der Waals surface area contributed by atoms with E-state index in [1.165, 1.54) is 5.56 Å². The molecule has 1 aliphatic heterocycles. The first-order valence-electron chi connectivity index (χ1n) is 6.03. The summed E-state index contributed by atoms with van der Waals surface area (Å²) in [7, 11) is 0. The summed E-state index contributed by atoms with van der Waals surface area (Å²) >= 11 is 1.90. The predicted molar refractivity (Wildman–Crippen MR) is 74.3 cm³/mol. The van der Waals surface area contributed by atoms with E-state index in [0.717, 1.165) is 24.3 Å². The lowest BCUT2D eigenvalue weighted by Crippen LogP contribution is -2.39. The average Bonchev–Trinajstić information content (AvgIpc) is 2.35. The minimum atomic E-state index is -0.202. The topological polar surface area (TPSA) is 17.1 Å². The Morgan fingerprint density at radius 3 is 2.76 bits per heavy atom. The largest absolute Gasteiger partial charge is 0.299 e. The fraction of sp³-hybridized carbons (Fsp3) is 0.400. The number of carbonyl (C=O) groups excluding carboxylic acids is 1. The number of benzene rings is 1. The van der Waals surface area contributed by atoms with Crippen molar-refractivity contribution in [2.24, 2.45) is 5.41 Å². The zero-order valence-electron chi connectivity index (χ0n) is 10.0. The Morgan fingerprint density at radius 2 is 2.12 bits per heavy atom. The highest BCUT2D eigenvalue weighted by atomic mass is 32.2. The summed E-state index contributed by atoms with van der Waals surface area (Å²) in [6.07, 6.45) is 4.26. The van der Waals surface area contributed by atoms with Crippen molar-refractivity contribution in [1.29, 1.82) is 0 Å². The number of thioether (sulfide) groups is 1. The average molecular weight is 246 g/mol. The van der Waals surface area contributed by atoms with E-state index in [1.54, 1.807) is 0 Å². The highest BCUT2D eigenvalue weighted by Crippen LogP contribution is 2.38. The predicted octanol–water partition coefficient (Wildman–Crippen LogP) is 3.50. The Morgan fingerprint density at radius 1 is 1.35 bits per heavy atom. The van der Waals surface area contributed by atoms with E-state index in [2.05, 4.69) is 18.7 Å². The summed E-state index contributed by atoms with van der Waals surface area (Å²) in [5.41, 5.74) is 1.05. The maximum absolute atomic E-state index is 12.2. The molecule has 0 radical (unpaired) electrons. The first-order chi connectivity index (χ1) is 8.27. The van der Waals surface area contributed by atoms with Gasteiger partial charge in [0, 0.05) is 23.3 Å². The summed E-state index contributed by atoms with van der Waals surface area (Å²) in [6.45, 7) is 3.81. The number of ketones is 1. The second-order valence-corrected chi connectivity index (χ2v) is 5.77. The Balaban J connectivity index is 2.22. The molecular formula is C15H18OS. The number of rotatable bonds is 4. The lowest BCUT2D eigenvalue weighted by atomic mass is 9.75. The molecule has 0 unspecified atom stereocenters. The van der Waals surface area contributed by atoms with E-state index in [1.807, 2.05) is 36.0 Å². The molecular weight excluding hydrogens is 228 g/mol. The summed E-state index contributed by atoms with van der Waals surface area (Å²) < 4.78 is 0. The maximum Gasteiger partial charge on any atom is 0.141 e. The number of hydrogen-bond donors (Lipinski definition) is 0. The summed E-state index contributed by atoms with van der Waals surface area (Å²) in [4.78, 5) is 12.2. The highest BCUT2D eigenvalue weighted by molar-refractivity contribution is 7.99. The second kappa shape index (κ2) is 5.54. The van der Waals surface area contributed by atoms with E-state index in [9.17, 15) is 4.79 Å². The van der Waals surface area contributed by atoms with Crippen molar-refractivity contribution < 1.29 is 4.79 Å². The first kappa shape index (κ1) is 12.4. The van der Waals surface area contributed by atoms with Gasteiger partial charge in [0.2, 0.25) is 0 Å². The lowest BCUT2D eigenvalue weighted by molar-refractivity contribution is -0.127. The van der Waals surface area contributed by atoms with Crippen LogP contribution >= 0.6 is 11.8 Å². The van der Waals surface area contributed by atoms with Gasteiger partial charge >= 0.3 is 0 Å². The SMILES string of the molecule is C=CC[C@@]1(Cc2ccccc2)CSCCC1=O. The highest BCUT2D eigenvalue weighted by Gasteiger charge is 2.38. The van der Waals surface area contributed by atoms with Crippen molar-refractivity contribution in [2.75, 3.05) is 11.5 Å². The molecule has 1 fully saturated rings. The molecule has 1 heterocycles. The van der Waals surface area contributed by atoms with Crippen LogP contribution in [-0.4, -0.2) is 17.3 Å². The quantitative estimate of drug-likeness (QED) is 0.756. The molecule has 0 aliphatic carbocycles. The molecule has 2 rings (SSSR count). The van der Waals surface area contributed by atoms with E-state index < -0.39 is 0 Å². The van der Waals surface area contributed by atoms with Crippen LogP contribution in [0.4, 0.5) is 0 Å². The van der Waals surface area contributed by atoms with Gasteiger partial charge in [-0.15, -0.1) is 6.58 Å². The Hall–Kier alpha value is -1.02. The van der Waals surface area contributed by atoms with Gasteiger partial charge in [-0.05, 0) is 18.4 Å². The molecule has 1 nitrogen and oxygen atoms in total. The molecule has 0 bridgehead atoms. The van der Waals surface area contributed by atoms with Gasteiger partial charge in [-0.3, -0.25) is 4.79 Å². The minimum Gasteiger partial charge on any atom is -0.299 e. The van der Waals surface area contributed by atoms with Crippen LogP contribution in [0.2, 0.25) is 0 Å². The molecule has 0 amide bonds. The van der Waals surface area contributed by atoms with Crippen LogP contribution in [0.1, 0.15) is 18.4 Å². The summed E-state index contributed by atoms with van der Waals surface area (Å²) in [5.74, 6) is 2.33. The molecule has 1 aromatic carbocycles. The smallest absolute Gasteiger partial charge is 0.141 e. The van der Waals surface area contributed by atoms with Gasteiger partial charge in [0.05, 0.1) is 0 Å². The van der Waals surface area contributed by atoms with E-state index in [0.29, 0.717) is 12.2 Å². The van der Waals surface area contributed by atoms with E-state index in [-0.39, 0.29) is 5.41 Å². The summed E-state index contributed by atoms with van der Waals surface area (Å²) in [6, 6.07) is 10.3. The first-order valence-corrected chi connectivity index (χ1v) is 7.18. The third-order valence-electron chi connectivity index (χ3n) is 3.36. The normalized spacial score (nSPS) is 24.6. The van der Waals surface area contributed by atoms with E-state index >= 15 is 0 Å². The van der Waals surface area contributed by atoms with Gasteiger partial charge in [0.1, 0.15) is 5.78 Å². The van der Waals surface area contributed by atoms with Crippen molar-refractivity contribution in [2.45, 2.75) is 19.3 Å². The van der Waals surface area contributed by atoms with Crippen molar-refractivity contribution >= 4 is 17.5 Å². The van der Waals surface area contributed by atoms with Gasteiger partial charge in [-0.25, -0.2) is 0 Å².